The van der Waals surface area contributed by atoms with Gasteiger partial charge in [-0.1, -0.05) is 67.3 Å². The average Bonchev–Trinajstić information content (AvgIpc) is 2.29. The van der Waals surface area contributed by atoms with Crippen LogP contribution in [0, 0.1) is 0 Å². The molecule has 2 heteroatoms. The molecule has 2 N–H and O–H groups in total. The van der Waals surface area contributed by atoms with Gasteiger partial charge in [0.2, 0.25) is 0 Å². The molecule has 0 saturated heterocycles. The van der Waals surface area contributed by atoms with Crippen molar-refractivity contribution in [3.63, 3.8) is 0 Å². The number of nitrogens with two attached hydrogens (primary N) is 1. The molecule has 1 nitrogen and oxygen atoms in total. The predicted octanol–water partition coefficient (Wildman–Crippen LogP) is 3.48. The number of nitrogen functional groups attached to an aromatic ring is 1. The smallest absolute Gasteiger partial charge is 0.0776 e. The molecule has 0 aromatic heterocycles. The van der Waals surface area contributed by atoms with Crippen LogP contribution in [0.3, 0.4) is 0 Å². The van der Waals surface area contributed by atoms with Gasteiger partial charge in [-0.15, -0.1) is 0 Å². The lowest BCUT2D eigenvalue weighted by atomic mass is 10.0. The van der Waals surface area contributed by atoms with Crippen LogP contribution in [0.5, 0.6) is 0 Å². The summed E-state index contributed by atoms with van der Waals surface area (Å²) >= 11 is 0. The lowest BCUT2D eigenvalue weighted by Crippen LogP contribution is -2.37. The zero-order valence-corrected chi connectivity index (χ0v) is 11.7. The third-order valence-electron chi connectivity index (χ3n) is 3.00. The molecule has 0 radical (unpaired) electrons. The zero-order valence-electron chi connectivity index (χ0n) is 10.7. The van der Waals surface area contributed by atoms with Gasteiger partial charge in [0, 0.05) is 11.3 Å². The number of rotatable bonds is 2. The molecule has 88 valence electrons. The maximum Gasteiger partial charge on any atom is 0.0776 e. The molecule has 0 aliphatic carbocycles. The van der Waals surface area contributed by atoms with E-state index >= 15 is 0 Å². The minimum Gasteiger partial charge on any atom is -0.398 e. The monoisotopic (exact) mass is 241 g/mol. The fourth-order valence-corrected chi connectivity index (χ4v) is 3.05. The highest BCUT2D eigenvalue weighted by Crippen LogP contribution is 2.25. The van der Waals surface area contributed by atoms with E-state index in [1.165, 1.54) is 10.8 Å². The van der Waals surface area contributed by atoms with Crippen LogP contribution in [0.15, 0.2) is 48.5 Å². The number of anilines is 1. The lowest BCUT2D eigenvalue weighted by molar-refractivity contribution is 1.61. The Morgan fingerprint density at radius 2 is 1.53 bits per heavy atom. The second kappa shape index (κ2) is 4.38. The Labute approximate surface area is 104 Å². The Morgan fingerprint density at radius 1 is 0.882 bits per heavy atom. The van der Waals surface area contributed by atoms with Gasteiger partial charge in [0.25, 0.3) is 0 Å². The summed E-state index contributed by atoms with van der Waals surface area (Å²) in [4.78, 5) is 0. The molecule has 0 aliphatic rings. The molecule has 2 aromatic carbocycles. The molecular weight excluding hydrogens is 222 g/mol. The van der Waals surface area contributed by atoms with Crippen molar-refractivity contribution in [3.8, 4) is 11.1 Å². The molecule has 0 unspecified atom stereocenters. The molecule has 0 bridgehead atoms. The zero-order chi connectivity index (χ0) is 12.5. The van der Waals surface area contributed by atoms with Gasteiger partial charge in [-0.3, -0.25) is 0 Å². The van der Waals surface area contributed by atoms with Gasteiger partial charge in [0.1, 0.15) is 0 Å². The minimum absolute atomic E-state index is 0.859. The molecule has 0 saturated carbocycles. The first-order chi connectivity index (χ1) is 7.98. The van der Waals surface area contributed by atoms with Crippen molar-refractivity contribution in [2.75, 3.05) is 5.73 Å². The molecule has 2 rings (SSSR count). The Hall–Kier alpha value is -1.54. The lowest BCUT2D eigenvalue weighted by Gasteiger charge is -2.18. The molecule has 0 spiro atoms. The van der Waals surface area contributed by atoms with E-state index in [-0.39, 0.29) is 0 Å². The number of hydrogen-bond acceptors (Lipinski definition) is 1. The predicted molar refractivity (Wildman–Crippen MR) is 79.3 cm³/mol. The first kappa shape index (κ1) is 11.9. The maximum atomic E-state index is 6.08. The summed E-state index contributed by atoms with van der Waals surface area (Å²) in [7, 11) is -1.28. The summed E-state index contributed by atoms with van der Waals surface area (Å²) in [6.45, 7) is 7.06. The van der Waals surface area contributed by atoms with Crippen molar-refractivity contribution >= 4 is 18.9 Å². The molecule has 0 amide bonds. The first-order valence-corrected chi connectivity index (χ1v) is 9.44. The largest absolute Gasteiger partial charge is 0.398 e. The van der Waals surface area contributed by atoms with Crippen molar-refractivity contribution in [2.45, 2.75) is 19.6 Å². The Balaban J connectivity index is 2.55. The van der Waals surface area contributed by atoms with Crippen LogP contribution >= 0.6 is 0 Å². The highest BCUT2D eigenvalue weighted by Gasteiger charge is 2.17. The normalized spacial score (nSPS) is 11.5. The highest BCUT2D eigenvalue weighted by atomic mass is 28.3. The fourth-order valence-electron chi connectivity index (χ4n) is 1.89. The summed E-state index contributed by atoms with van der Waals surface area (Å²) in [6.07, 6.45) is 0. The maximum absolute atomic E-state index is 6.08. The summed E-state index contributed by atoms with van der Waals surface area (Å²) in [6, 6.07) is 16.8. The van der Waals surface area contributed by atoms with Crippen LogP contribution in [0.25, 0.3) is 11.1 Å². The topological polar surface area (TPSA) is 26.0 Å². The number of benzene rings is 2. The summed E-state index contributed by atoms with van der Waals surface area (Å²) in [5.74, 6) is 0. The van der Waals surface area contributed by atoms with Crippen molar-refractivity contribution < 1.29 is 0 Å². The first-order valence-electron chi connectivity index (χ1n) is 5.94. The second-order valence-electron chi connectivity index (χ2n) is 5.42. The molecule has 0 atom stereocenters. The summed E-state index contributed by atoms with van der Waals surface area (Å²) < 4.78 is 0. The molecule has 0 fully saturated rings. The van der Waals surface area contributed by atoms with E-state index in [0.29, 0.717) is 0 Å². The summed E-state index contributed by atoms with van der Waals surface area (Å²) in [5.41, 5.74) is 9.30. The Morgan fingerprint density at radius 3 is 2.12 bits per heavy atom. The van der Waals surface area contributed by atoms with Crippen molar-refractivity contribution in [1.82, 2.24) is 0 Å². The fraction of sp³-hybridized carbons (Fsp3) is 0.200. The van der Waals surface area contributed by atoms with Gasteiger partial charge in [-0.05, 0) is 11.6 Å². The average molecular weight is 241 g/mol. The van der Waals surface area contributed by atoms with Crippen LogP contribution < -0.4 is 10.9 Å². The minimum atomic E-state index is -1.28. The Bertz CT molecular complexity index is 512. The van der Waals surface area contributed by atoms with Gasteiger partial charge < -0.3 is 5.73 Å². The molecule has 2 aromatic rings. The van der Waals surface area contributed by atoms with Crippen LogP contribution in [-0.2, 0) is 0 Å². The third-order valence-corrected chi connectivity index (χ3v) is 5.05. The Kier molecular flexibility index (Phi) is 3.07. The van der Waals surface area contributed by atoms with E-state index in [0.717, 1.165) is 11.3 Å². The van der Waals surface area contributed by atoms with Gasteiger partial charge in [-0.25, -0.2) is 0 Å². The van der Waals surface area contributed by atoms with E-state index in [1.807, 2.05) is 12.1 Å². The van der Waals surface area contributed by atoms with Gasteiger partial charge in [0.05, 0.1) is 8.07 Å². The van der Waals surface area contributed by atoms with Gasteiger partial charge in [-0.2, -0.15) is 0 Å². The van der Waals surface area contributed by atoms with Gasteiger partial charge in [0.15, 0.2) is 0 Å². The van der Waals surface area contributed by atoms with Crippen molar-refractivity contribution in [3.05, 3.63) is 48.5 Å². The standard InChI is InChI=1S/C15H19NSi/c1-17(2,3)13-9-10-15(16)14(11-13)12-7-5-4-6-8-12/h4-11H,16H2,1-3H3. The molecular formula is C15H19NSi. The van der Waals surface area contributed by atoms with E-state index in [1.54, 1.807) is 0 Å². The number of hydrogen-bond donors (Lipinski definition) is 1. The van der Waals surface area contributed by atoms with Gasteiger partial charge >= 0.3 is 0 Å². The van der Waals surface area contributed by atoms with Crippen molar-refractivity contribution in [1.29, 1.82) is 0 Å². The van der Waals surface area contributed by atoms with Crippen LogP contribution in [-0.4, -0.2) is 8.07 Å². The van der Waals surface area contributed by atoms with Crippen LogP contribution in [0.4, 0.5) is 5.69 Å². The molecule has 17 heavy (non-hydrogen) atoms. The van der Waals surface area contributed by atoms with E-state index < -0.39 is 8.07 Å². The third kappa shape index (κ3) is 2.59. The molecule has 0 aliphatic heterocycles. The highest BCUT2D eigenvalue weighted by molar-refractivity contribution is 6.88. The molecule has 0 heterocycles. The van der Waals surface area contributed by atoms with E-state index in [9.17, 15) is 0 Å². The second-order valence-corrected chi connectivity index (χ2v) is 10.5. The van der Waals surface area contributed by atoms with Crippen LogP contribution in [0.2, 0.25) is 19.6 Å². The van der Waals surface area contributed by atoms with E-state index in [4.69, 9.17) is 5.73 Å². The summed E-state index contributed by atoms with van der Waals surface area (Å²) in [5, 5.41) is 1.45. The quantitative estimate of drug-likeness (QED) is 0.632. The van der Waals surface area contributed by atoms with Crippen molar-refractivity contribution in [2.24, 2.45) is 0 Å². The van der Waals surface area contributed by atoms with Crippen LogP contribution in [0.1, 0.15) is 0 Å². The van der Waals surface area contributed by atoms with E-state index in [2.05, 4.69) is 56.0 Å². The SMILES string of the molecule is C[Si](C)(C)c1ccc(N)c(-c2ccccc2)c1.